The van der Waals surface area contributed by atoms with Crippen LogP contribution in [0.5, 0.6) is 11.5 Å². The molecule has 0 atom stereocenters. The quantitative estimate of drug-likeness (QED) is 0.512. The molecule has 0 bridgehead atoms. The topological polar surface area (TPSA) is 72.9 Å². The van der Waals surface area contributed by atoms with E-state index in [0.717, 1.165) is 9.87 Å². The van der Waals surface area contributed by atoms with Crippen LogP contribution in [0.3, 0.4) is 0 Å². The van der Waals surface area contributed by atoms with Crippen molar-refractivity contribution in [2.75, 3.05) is 18.0 Å². The molecule has 0 unspecified atom stereocenters. The van der Waals surface area contributed by atoms with Gasteiger partial charge in [-0.15, -0.1) is 0 Å². The molecular formula is C24H25NO5S. The first-order valence-electron chi connectivity index (χ1n) is 9.83. The van der Waals surface area contributed by atoms with Gasteiger partial charge in [0.15, 0.2) is 6.61 Å². The molecule has 0 saturated heterocycles. The van der Waals surface area contributed by atoms with Gasteiger partial charge >= 0.3 is 0 Å². The summed E-state index contributed by atoms with van der Waals surface area (Å²) in [5, 5.41) is 0. The zero-order valence-corrected chi connectivity index (χ0v) is 18.5. The number of benzene rings is 3. The first-order valence-corrected chi connectivity index (χ1v) is 11.3. The molecule has 0 aliphatic carbocycles. The van der Waals surface area contributed by atoms with E-state index < -0.39 is 22.5 Å². The van der Waals surface area contributed by atoms with E-state index in [9.17, 15) is 13.2 Å². The summed E-state index contributed by atoms with van der Waals surface area (Å²) in [5.74, 6) is 0.707. The number of carbonyl (C=O) groups excluding carboxylic acids is 1. The highest BCUT2D eigenvalue weighted by Crippen LogP contribution is 2.26. The minimum absolute atomic E-state index is 0.0143. The van der Waals surface area contributed by atoms with Crippen LogP contribution in [0.15, 0.2) is 83.8 Å². The predicted octanol–water partition coefficient (Wildman–Crippen LogP) is 4.62. The molecule has 0 N–H and O–H groups in total. The fourth-order valence-corrected chi connectivity index (χ4v) is 4.42. The fraction of sp³-hybridized carbons (Fsp3) is 0.208. The van der Waals surface area contributed by atoms with Crippen LogP contribution in [-0.2, 0) is 14.8 Å². The van der Waals surface area contributed by atoms with Crippen LogP contribution in [0.4, 0.5) is 5.69 Å². The molecule has 0 aromatic heterocycles. The molecule has 0 fully saturated rings. The number of nitrogens with zero attached hydrogens (tertiary/aromatic N) is 1. The summed E-state index contributed by atoms with van der Waals surface area (Å²) < 4.78 is 38.1. The average molecular weight is 440 g/mol. The minimum Gasteiger partial charge on any atom is -0.497 e. The van der Waals surface area contributed by atoms with E-state index in [1.54, 1.807) is 42.5 Å². The second kappa shape index (κ2) is 9.66. The Hall–Kier alpha value is -3.32. The van der Waals surface area contributed by atoms with Crippen LogP contribution in [0.25, 0.3) is 0 Å². The maximum Gasteiger partial charge on any atom is 0.278 e. The lowest BCUT2D eigenvalue weighted by molar-refractivity contribution is -0.119. The Morgan fingerprint density at radius 1 is 0.871 bits per heavy atom. The van der Waals surface area contributed by atoms with Crippen molar-refractivity contribution in [3.8, 4) is 11.5 Å². The molecule has 162 valence electrons. The van der Waals surface area contributed by atoms with Crippen molar-refractivity contribution in [3.63, 3.8) is 0 Å². The van der Waals surface area contributed by atoms with Gasteiger partial charge in [-0.05, 0) is 60.0 Å². The maximum atomic E-state index is 13.3. The van der Waals surface area contributed by atoms with Gasteiger partial charge in [0.25, 0.3) is 15.9 Å². The smallest absolute Gasteiger partial charge is 0.278 e. The third-order valence-electron chi connectivity index (χ3n) is 4.72. The van der Waals surface area contributed by atoms with E-state index in [-0.39, 0.29) is 10.6 Å². The Morgan fingerprint density at radius 3 is 2.00 bits per heavy atom. The third kappa shape index (κ3) is 5.24. The molecule has 0 aliphatic heterocycles. The molecular weight excluding hydrogens is 414 g/mol. The highest BCUT2D eigenvalue weighted by Gasteiger charge is 2.31. The Labute approximate surface area is 183 Å². The molecule has 0 spiro atoms. The van der Waals surface area contributed by atoms with Gasteiger partial charge in [0.1, 0.15) is 11.5 Å². The SMILES string of the molecule is COc1ccc(N(C(=O)COc2ccc(C(C)C)cc2)S(=O)(=O)c2ccccc2)cc1. The summed E-state index contributed by atoms with van der Waals surface area (Å²) in [7, 11) is -2.62. The number of rotatable bonds is 8. The lowest BCUT2D eigenvalue weighted by atomic mass is 10.0. The van der Waals surface area contributed by atoms with Crippen LogP contribution >= 0.6 is 0 Å². The van der Waals surface area contributed by atoms with E-state index >= 15 is 0 Å². The van der Waals surface area contributed by atoms with Gasteiger partial charge in [-0.25, -0.2) is 8.42 Å². The van der Waals surface area contributed by atoms with Crippen molar-refractivity contribution in [3.05, 3.63) is 84.4 Å². The van der Waals surface area contributed by atoms with Crippen LogP contribution in [0.1, 0.15) is 25.3 Å². The van der Waals surface area contributed by atoms with E-state index in [0.29, 0.717) is 17.4 Å². The molecule has 0 saturated carbocycles. The fourth-order valence-electron chi connectivity index (χ4n) is 2.98. The molecule has 0 aliphatic rings. The Bertz CT molecular complexity index is 1110. The average Bonchev–Trinajstić information content (AvgIpc) is 2.79. The minimum atomic E-state index is -4.13. The van der Waals surface area contributed by atoms with Gasteiger partial charge in [-0.1, -0.05) is 44.2 Å². The first kappa shape index (κ1) is 22.4. The number of anilines is 1. The van der Waals surface area contributed by atoms with Gasteiger partial charge in [0, 0.05) is 0 Å². The molecule has 0 heterocycles. The zero-order chi connectivity index (χ0) is 22.4. The summed E-state index contributed by atoms with van der Waals surface area (Å²) in [4.78, 5) is 13.1. The normalized spacial score (nSPS) is 11.2. The van der Waals surface area contributed by atoms with Crippen molar-refractivity contribution in [2.24, 2.45) is 0 Å². The number of carbonyl (C=O) groups is 1. The molecule has 7 heteroatoms. The molecule has 0 radical (unpaired) electrons. The third-order valence-corrected chi connectivity index (χ3v) is 6.49. The zero-order valence-electron chi connectivity index (χ0n) is 17.7. The number of ether oxygens (including phenoxy) is 2. The highest BCUT2D eigenvalue weighted by molar-refractivity contribution is 7.93. The van der Waals surface area contributed by atoms with Crippen LogP contribution in [0, 0.1) is 0 Å². The Kier molecular flexibility index (Phi) is 6.97. The maximum absolute atomic E-state index is 13.3. The van der Waals surface area contributed by atoms with E-state index in [1.807, 2.05) is 12.1 Å². The van der Waals surface area contributed by atoms with Crippen molar-refractivity contribution < 1.29 is 22.7 Å². The molecule has 6 nitrogen and oxygen atoms in total. The first-order chi connectivity index (χ1) is 14.8. The standard InChI is InChI=1S/C24H25NO5S/c1-18(2)19-9-13-22(14-10-19)30-17-24(26)25(20-11-15-21(29-3)16-12-20)31(27,28)23-7-5-4-6-8-23/h4-16,18H,17H2,1-3H3. The molecule has 3 rings (SSSR count). The molecule has 3 aromatic rings. The van der Waals surface area contributed by atoms with Crippen LogP contribution in [-0.4, -0.2) is 28.0 Å². The van der Waals surface area contributed by atoms with Gasteiger partial charge < -0.3 is 9.47 Å². The van der Waals surface area contributed by atoms with E-state index in [4.69, 9.17) is 9.47 Å². The van der Waals surface area contributed by atoms with Crippen LogP contribution in [0.2, 0.25) is 0 Å². The second-order valence-electron chi connectivity index (χ2n) is 7.19. The number of hydrogen-bond donors (Lipinski definition) is 0. The van der Waals surface area contributed by atoms with Crippen LogP contribution < -0.4 is 13.8 Å². The Morgan fingerprint density at radius 2 is 1.45 bits per heavy atom. The van der Waals surface area contributed by atoms with Crippen molar-refractivity contribution >= 4 is 21.6 Å². The monoisotopic (exact) mass is 439 g/mol. The van der Waals surface area contributed by atoms with Gasteiger partial charge in [-0.3, -0.25) is 4.79 Å². The summed E-state index contributed by atoms with van der Waals surface area (Å²) >= 11 is 0. The van der Waals surface area contributed by atoms with Crippen molar-refractivity contribution in [1.82, 2.24) is 0 Å². The summed E-state index contributed by atoms with van der Waals surface area (Å²) in [5.41, 5.74) is 1.35. The molecule has 31 heavy (non-hydrogen) atoms. The lowest BCUT2D eigenvalue weighted by Crippen LogP contribution is -2.40. The number of hydrogen-bond acceptors (Lipinski definition) is 5. The number of sulfonamides is 1. The molecule has 1 amide bonds. The lowest BCUT2D eigenvalue weighted by Gasteiger charge is -2.23. The number of amides is 1. The Balaban J connectivity index is 1.89. The summed E-state index contributed by atoms with van der Waals surface area (Å²) in [6, 6.07) is 21.5. The van der Waals surface area contributed by atoms with Crippen molar-refractivity contribution in [1.29, 1.82) is 0 Å². The second-order valence-corrected chi connectivity index (χ2v) is 8.97. The predicted molar refractivity (Wildman–Crippen MR) is 120 cm³/mol. The molecule has 3 aromatic carbocycles. The van der Waals surface area contributed by atoms with Gasteiger partial charge in [-0.2, -0.15) is 4.31 Å². The van der Waals surface area contributed by atoms with E-state index in [1.165, 1.54) is 31.4 Å². The van der Waals surface area contributed by atoms with Gasteiger partial charge in [0.05, 0.1) is 17.7 Å². The summed E-state index contributed by atoms with van der Waals surface area (Å²) in [6.07, 6.45) is 0. The largest absolute Gasteiger partial charge is 0.497 e. The highest BCUT2D eigenvalue weighted by atomic mass is 32.2. The van der Waals surface area contributed by atoms with Gasteiger partial charge in [0.2, 0.25) is 0 Å². The van der Waals surface area contributed by atoms with Crippen molar-refractivity contribution in [2.45, 2.75) is 24.7 Å². The summed E-state index contributed by atoms with van der Waals surface area (Å²) in [6.45, 7) is 3.74. The van der Waals surface area contributed by atoms with E-state index in [2.05, 4.69) is 13.8 Å². The number of methoxy groups -OCH3 is 1.